The van der Waals surface area contributed by atoms with E-state index in [-0.39, 0.29) is 30.7 Å². The van der Waals surface area contributed by atoms with Gasteiger partial charge in [0.05, 0.1) is 0 Å². The van der Waals surface area contributed by atoms with Crippen molar-refractivity contribution in [3.05, 3.63) is 48.7 Å². The quantitative estimate of drug-likeness (QED) is 0.789. The maximum absolute atomic E-state index is 12.1. The summed E-state index contributed by atoms with van der Waals surface area (Å²) in [6.07, 6.45) is 4.33. The molecule has 0 radical (unpaired) electrons. The minimum absolute atomic E-state index is 0. The second-order valence-corrected chi connectivity index (χ2v) is 5.74. The van der Waals surface area contributed by atoms with Crippen molar-refractivity contribution in [3.8, 4) is 11.6 Å². The molecule has 7 heteroatoms. The molecule has 1 fully saturated rings. The van der Waals surface area contributed by atoms with Crippen LogP contribution < -0.4 is 15.4 Å². The molecule has 3 rings (SSSR count). The summed E-state index contributed by atoms with van der Waals surface area (Å²) in [5.74, 6) is 1.86. The molecule has 1 atom stereocenters. The third-order valence-corrected chi connectivity index (χ3v) is 3.92. The smallest absolute Gasteiger partial charge is 0.224 e. The second-order valence-electron chi connectivity index (χ2n) is 5.74. The average Bonchev–Trinajstić information content (AvgIpc) is 3.08. The number of benzene rings is 1. The minimum Gasteiger partial charge on any atom is -0.439 e. The fourth-order valence-electron chi connectivity index (χ4n) is 2.69. The number of rotatable bonds is 6. The molecule has 1 aromatic carbocycles. The highest BCUT2D eigenvalue weighted by Gasteiger charge is 2.15. The molecule has 0 spiro atoms. The monoisotopic (exact) mass is 383 g/mol. The van der Waals surface area contributed by atoms with Crippen molar-refractivity contribution in [1.82, 2.24) is 10.3 Å². The van der Waals surface area contributed by atoms with Gasteiger partial charge in [0.1, 0.15) is 5.75 Å². The fourth-order valence-corrected chi connectivity index (χ4v) is 2.69. The molecule has 1 unspecified atom stereocenters. The molecule has 1 aromatic heterocycles. The summed E-state index contributed by atoms with van der Waals surface area (Å²) in [7, 11) is 0. The van der Waals surface area contributed by atoms with Crippen molar-refractivity contribution >= 4 is 36.4 Å². The Kier molecular flexibility index (Phi) is 9.27. The number of anilines is 1. The van der Waals surface area contributed by atoms with Gasteiger partial charge >= 0.3 is 0 Å². The normalized spacial score (nSPS) is 15.6. The Hall–Kier alpha value is -1.82. The Morgan fingerprint density at radius 1 is 1.24 bits per heavy atom. The lowest BCUT2D eigenvalue weighted by molar-refractivity contribution is -0.116. The van der Waals surface area contributed by atoms with Crippen molar-refractivity contribution in [2.45, 2.75) is 19.3 Å². The van der Waals surface area contributed by atoms with E-state index in [1.165, 1.54) is 6.42 Å². The van der Waals surface area contributed by atoms with E-state index in [1.807, 2.05) is 36.4 Å². The van der Waals surface area contributed by atoms with Crippen LogP contribution in [0.1, 0.15) is 19.3 Å². The summed E-state index contributed by atoms with van der Waals surface area (Å²) in [6.45, 7) is 2.10. The number of amides is 1. The first-order valence-corrected chi connectivity index (χ1v) is 7.99. The lowest BCUT2D eigenvalue weighted by Gasteiger charge is -2.10. The van der Waals surface area contributed by atoms with Gasteiger partial charge < -0.3 is 15.4 Å². The van der Waals surface area contributed by atoms with Crippen molar-refractivity contribution in [2.24, 2.45) is 5.92 Å². The standard InChI is InChI=1S/C18H21N3O2.2ClH/c22-17(8-7-14-9-11-19-13-14)21-15-4-3-5-16(12-15)23-18-6-1-2-10-20-18;;/h1-6,10,12,14,19H,7-9,11,13H2,(H,21,22);2*1H. The van der Waals surface area contributed by atoms with Crippen molar-refractivity contribution < 1.29 is 9.53 Å². The van der Waals surface area contributed by atoms with Crippen LogP contribution in [0.2, 0.25) is 0 Å². The van der Waals surface area contributed by atoms with Gasteiger partial charge in [-0.2, -0.15) is 0 Å². The number of ether oxygens (including phenoxy) is 1. The zero-order valence-corrected chi connectivity index (χ0v) is 15.4. The third-order valence-electron chi connectivity index (χ3n) is 3.92. The van der Waals surface area contributed by atoms with E-state index in [0.29, 0.717) is 24.0 Å². The molecular formula is C18H23Cl2N3O2. The summed E-state index contributed by atoms with van der Waals surface area (Å²) >= 11 is 0. The van der Waals surface area contributed by atoms with Crippen LogP contribution in [0, 0.1) is 5.92 Å². The first kappa shape index (κ1) is 21.2. The molecule has 0 aliphatic carbocycles. The number of hydrogen-bond acceptors (Lipinski definition) is 4. The topological polar surface area (TPSA) is 63.2 Å². The molecule has 25 heavy (non-hydrogen) atoms. The number of hydrogen-bond donors (Lipinski definition) is 2. The predicted molar refractivity (Wildman–Crippen MR) is 104 cm³/mol. The zero-order valence-electron chi connectivity index (χ0n) is 13.8. The van der Waals surface area contributed by atoms with Crippen LogP contribution in [-0.4, -0.2) is 24.0 Å². The fraction of sp³-hybridized carbons (Fsp3) is 0.333. The van der Waals surface area contributed by atoms with E-state index in [1.54, 1.807) is 12.3 Å². The Balaban J connectivity index is 0.00000156. The number of nitrogens with one attached hydrogen (secondary N) is 2. The average molecular weight is 384 g/mol. The summed E-state index contributed by atoms with van der Waals surface area (Å²) in [6, 6.07) is 12.9. The Bertz CT molecular complexity index is 650. The molecule has 1 amide bonds. The van der Waals surface area contributed by atoms with E-state index in [9.17, 15) is 4.79 Å². The van der Waals surface area contributed by atoms with Gasteiger partial charge in [0.2, 0.25) is 11.8 Å². The first-order chi connectivity index (χ1) is 11.3. The minimum atomic E-state index is 0. The van der Waals surface area contributed by atoms with Gasteiger partial charge in [-0.15, -0.1) is 24.8 Å². The number of carbonyl (C=O) groups is 1. The summed E-state index contributed by atoms with van der Waals surface area (Å²) in [4.78, 5) is 16.2. The van der Waals surface area contributed by atoms with Crippen LogP contribution in [0.4, 0.5) is 5.69 Å². The van der Waals surface area contributed by atoms with E-state index < -0.39 is 0 Å². The predicted octanol–water partition coefficient (Wildman–Crippen LogP) is 4.05. The van der Waals surface area contributed by atoms with Gasteiger partial charge in [-0.3, -0.25) is 4.79 Å². The number of aromatic nitrogens is 1. The van der Waals surface area contributed by atoms with Crippen LogP contribution in [0.5, 0.6) is 11.6 Å². The first-order valence-electron chi connectivity index (χ1n) is 7.99. The Labute approximate surface area is 160 Å². The van der Waals surface area contributed by atoms with E-state index in [0.717, 1.165) is 25.2 Å². The highest BCUT2D eigenvalue weighted by molar-refractivity contribution is 5.90. The van der Waals surface area contributed by atoms with E-state index in [2.05, 4.69) is 15.6 Å². The Morgan fingerprint density at radius 3 is 2.84 bits per heavy atom. The molecule has 1 aliphatic rings. The SMILES string of the molecule is Cl.Cl.O=C(CCC1CCNC1)Nc1cccc(Oc2ccccn2)c1. The molecule has 5 nitrogen and oxygen atoms in total. The highest BCUT2D eigenvalue weighted by Crippen LogP contribution is 2.23. The molecule has 136 valence electrons. The highest BCUT2D eigenvalue weighted by atomic mass is 35.5. The number of halogens is 2. The van der Waals surface area contributed by atoms with Crippen LogP contribution in [0.15, 0.2) is 48.7 Å². The summed E-state index contributed by atoms with van der Waals surface area (Å²) in [5.41, 5.74) is 0.743. The molecular weight excluding hydrogens is 361 g/mol. The third kappa shape index (κ3) is 6.90. The largest absolute Gasteiger partial charge is 0.439 e. The van der Waals surface area contributed by atoms with Gasteiger partial charge in [-0.1, -0.05) is 12.1 Å². The number of pyridine rings is 1. The lowest BCUT2D eigenvalue weighted by atomic mass is 10.0. The number of carbonyl (C=O) groups excluding carboxylic acids is 1. The molecule has 1 saturated heterocycles. The number of nitrogens with zero attached hydrogens (tertiary/aromatic N) is 1. The molecule has 0 bridgehead atoms. The molecule has 0 saturated carbocycles. The summed E-state index contributed by atoms with van der Waals surface area (Å²) < 4.78 is 5.67. The molecule has 2 N–H and O–H groups in total. The van der Waals surface area contributed by atoms with E-state index >= 15 is 0 Å². The van der Waals surface area contributed by atoms with Crippen LogP contribution >= 0.6 is 24.8 Å². The maximum atomic E-state index is 12.1. The van der Waals surface area contributed by atoms with Gasteiger partial charge in [-0.05, 0) is 50.0 Å². The molecule has 2 aromatic rings. The van der Waals surface area contributed by atoms with Crippen molar-refractivity contribution in [2.75, 3.05) is 18.4 Å². The van der Waals surface area contributed by atoms with Crippen LogP contribution in [-0.2, 0) is 4.79 Å². The molecule has 1 aliphatic heterocycles. The van der Waals surface area contributed by atoms with Gasteiger partial charge in [0.15, 0.2) is 0 Å². The van der Waals surface area contributed by atoms with E-state index in [4.69, 9.17) is 4.74 Å². The van der Waals surface area contributed by atoms with Gasteiger partial charge in [0, 0.05) is 30.4 Å². The summed E-state index contributed by atoms with van der Waals surface area (Å²) in [5, 5.41) is 6.25. The van der Waals surface area contributed by atoms with Gasteiger partial charge in [0.25, 0.3) is 0 Å². The van der Waals surface area contributed by atoms with Crippen molar-refractivity contribution in [3.63, 3.8) is 0 Å². The maximum Gasteiger partial charge on any atom is 0.224 e. The van der Waals surface area contributed by atoms with Gasteiger partial charge in [-0.25, -0.2) is 4.98 Å². The van der Waals surface area contributed by atoms with Crippen LogP contribution in [0.3, 0.4) is 0 Å². The van der Waals surface area contributed by atoms with Crippen molar-refractivity contribution in [1.29, 1.82) is 0 Å². The van der Waals surface area contributed by atoms with Crippen LogP contribution in [0.25, 0.3) is 0 Å². The second kappa shape index (κ2) is 10.9. The zero-order chi connectivity index (χ0) is 15.9. The molecule has 2 heterocycles. The Morgan fingerprint density at radius 2 is 2.12 bits per heavy atom. The lowest BCUT2D eigenvalue weighted by Crippen LogP contribution is -2.15.